The van der Waals surface area contributed by atoms with Gasteiger partial charge in [-0.1, -0.05) is 122 Å². The number of rotatable bonds is 6. The molecule has 0 saturated carbocycles. The minimum Gasteiger partial charge on any atom is -0.299 e. The van der Waals surface area contributed by atoms with Gasteiger partial charge in [-0.2, -0.15) is 0 Å². The highest BCUT2D eigenvalue weighted by molar-refractivity contribution is 6.04. The van der Waals surface area contributed by atoms with Crippen LogP contribution in [0.1, 0.15) is 47.1 Å². The van der Waals surface area contributed by atoms with E-state index < -0.39 is 0 Å². The second kappa shape index (κ2) is 10.5. The lowest BCUT2D eigenvalue weighted by molar-refractivity contribution is 0.221. The van der Waals surface area contributed by atoms with E-state index in [1.54, 1.807) is 0 Å². The van der Waals surface area contributed by atoms with Crippen molar-refractivity contribution in [2.24, 2.45) is 0 Å². The summed E-state index contributed by atoms with van der Waals surface area (Å²) in [5.74, 6) is 0. The Morgan fingerprint density at radius 2 is 0.848 bits per heavy atom. The molecule has 1 aliphatic heterocycles. The molecule has 4 aromatic rings. The van der Waals surface area contributed by atoms with Gasteiger partial charge in [-0.05, 0) is 64.9 Å². The van der Waals surface area contributed by atoms with Crippen molar-refractivity contribution >= 4 is 11.1 Å². The van der Waals surface area contributed by atoms with E-state index in [4.69, 9.17) is 0 Å². The van der Waals surface area contributed by atoms with Crippen LogP contribution < -0.4 is 0 Å². The molecule has 1 nitrogen and oxygen atoms in total. The monoisotopic (exact) mass is 429 g/mol. The molecule has 0 spiro atoms. The van der Waals surface area contributed by atoms with Gasteiger partial charge in [0.15, 0.2) is 0 Å². The minimum absolute atomic E-state index is 1.05. The zero-order valence-electron chi connectivity index (χ0n) is 19.2. The van der Waals surface area contributed by atoms with E-state index in [0.717, 1.165) is 6.54 Å². The second-order valence-electron chi connectivity index (χ2n) is 8.88. The van der Waals surface area contributed by atoms with Crippen LogP contribution in [0.5, 0.6) is 0 Å². The molecule has 0 radical (unpaired) electrons. The predicted octanol–water partition coefficient (Wildman–Crippen LogP) is 7.68. The van der Waals surface area contributed by atoms with E-state index in [2.05, 4.69) is 120 Å². The predicted molar refractivity (Wildman–Crippen MR) is 140 cm³/mol. The van der Waals surface area contributed by atoms with Crippen LogP contribution in [0.4, 0.5) is 0 Å². The molecule has 1 aliphatic rings. The van der Waals surface area contributed by atoms with Crippen molar-refractivity contribution in [2.45, 2.75) is 25.8 Å². The van der Waals surface area contributed by atoms with Crippen molar-refractivity contribution in [3.05, 3.63) is 143 Å². The molecule has 0 atom stereocenters. The summed E-state index contributed by atoms with van der Waals surface area (Å²) in [6.45, 7) is 3.50. The van der Waals surface area contributed by atoms with Gasteiger partial charge in [0.25, 0.3) is 0 Å². The van der Waals surface area contributed by atoms with Crippen LogP contribution in [0.2, 0.25) is 0 Å². The third-order valence-electron chi connectivity index (χ3n) is 6.53. The topological polar surface area (TPSA) is 3.24 Å². The Kier molecular flexibility index (Phi) is 6.79. The molecule has 4 aromatic carbocycles. The maximum atomic E-state index is 2.59. The summed E-state index contributed by atoms with van der Waals surface area (Å²) in [7, 11) is 0. The molecule has 0 unspecified atom stereocenters. The largest absolute Gasteiger partial charge is 0.299 e. The molecule has 164 valence electrons. The van der Waals surface area contributed by atoms with Crippen molar-refractivity contribution in [2.75, 3.05) is 13.1 Å². The van der Waals surface area contributed by atoms with Gasteiger partial charge < -0.3 is 0 Å². The van der Waals surface area contributed by atoms with Gasteiger partial charge in [0.2, 0.25) is 0 Å². The Bertz CT molecular complexity index is 1130. The smallest absolute Gasteiger partial charge is 0.0233 e. The van der Waals surface area contributed by atoms with Gasteiger partial charge in [0, 0.05) is 6.54 Å². The fourth-order valence-electron chi connectivity index (χ4n) is 4.88. The van der Waals surface area contributed by atoms with Gasteiger partial charge in [-0.15, -0.1) is 0 Å². The normalized spacial score (nSPS) is 14.1. The molecule has 0 amide bonds. The zero-order valence-corrected chi connectivity index (χ0v) is 19.2. The Hall–Kier alpha value is -3.42. The van der Waals surface area contributed by atoms with E-state index in [9.17, 15) is 0 Å². The first-order chi connectivity index (χ1) is 16.4. The van der Waals surface area contributed by atoms with Crippen LogP contribution in [0.25, 0.3) is 11.1 Å². The molecule has 0 N–H and O–H groups in total. The lowest BCUT2D eigenvalue weighted by Crippen LogP contribution is -2.29. The molecule has 1 heteroatoms. The van der Waals surface area contributed by atoms with Crippen LogP contribution in [0.3, 0.4) is 0 Å². The Labute approximate surface area is 198 Å². The van der Waals surface area contributed by atoms with Crippen molar-refractivity contribution in [1.82, 2.24) is 4.90 Å². The molecule has 1 fully saturated rings. The molecule has 5 rings (SSSR count). The van der Waals surface area contributed by atoms with Crippen LogP contribution in [-0.2, 0) is 6.54 Å². The van der Waals surface area contributed by atoms with Crippen LogP contribution >= 0.6 is 0 Å². The first kappa shape index (κ1) is 21.4. The average Bonchev–Trinajstić information content (AvgIpc) is 2.90. The molecular formula is C32H31N. The third kappa shape index (κ3) is 5.16. The van der Waals surface area contributed by atoms with Gasteiger partial charge in [0.1, 0.15) is 0 Å². The van der Waals surface area contributed by atoms with Crippen LogP contribution in [0, 0.1) is 0 Å². The highest BCUT2D eigenvalue weighted by Crippen LogP contribution is 2.36. The molecular weight excluding hydrogens is 398 g/mol. The maximum absolute atomic E-state index is 2.59. The minimum atomic E-state index is 1.05. The van der Waals surface area contributed by atoms with E-state index in [1.165, 1.54) is 71.3 Å². The van der Waals surface area contributed by atoms with Gasteiger partial charge in [-0.25, -0.2) is 0 Å². The first-order valence-corrected chi connectivity index (χ1v) is 12.1. The van der Waals surface area contributed by atoms with Crippen LogP contribution in [0.15, 0.2) is 115 Å². The zero-order chi connectivity index (χ0) is 22.3. The van der Waals surface area contributed by atoms with E-state index in [-0.39, 0.29) is 0 Å². The van der Waals surface area contributed by atoms with Crippen LogP contribution in [-0.4, -0.2) is 18.0 Å². The van der Waals surface area contributed by atoms with E-state index >= 15 is 0 Å². The fraction of sp³-hybridized carbons (Fsp3) is 0.188. The molecule has 0 bridgehead atoms. The summed E-state index contributed by atoms with van der Waals surface area (Å²) in [6, 6.07) is 41.6. The fourth-order valence-corrected chi connectivity index (χ4v) is 4.88. The van der Waals surface area contributed by atoms with Gasteiger partial charge in [-0.3, -0.25) is 4.90 Å². The number of likely N-dealkylation sites (tertiary alicyclic amines) is 1. The summed E-state index contributed by atoms with van der Waals surface area (Å²) < 4.78 is 0. The first-order valence-electron chi connectivity index (χ1n) is 12.1. The summed E-state index contributed by atoms with van der Waals surface area (Å²) in [4.78, 5) is 2.59. The molecule has 0 aliphatic carbocycles. The number of piperidine rings is 1. The summed E-state index contributed by atoms with van der Waals surface area (Å²) in [6.07, 6.45) is 4.04. The lowest BCUT2D eigenvalue weighted by Gasteiger charge is -2.26. The Morgan fingerprint density at radius 1 is 0.455 bits per heavy atom. The maximum Gasteiger partial charge on any atom is 0.0233 e. The van der Waals surface area contributed by atoms with Crippen molar-refractivity contribution in [3.63, 3.8) is 0 Å². The highest BCUT2D eigenvalue weighted by Gasteiger charge is 2.16. The second-order valence-corrected chi connectivity index (χ2v) is 8.88. The van der Waals surface area contributed by atoms with E-state index in [0.29, 0.717) is 0 Å². The number of benzene rings is 4. The standard InChI is InChI=1S/C32H31N/c1-5-13-27(14-6-1)31(28-15-7-2-8-16-28)32(29-17-9-3-10-18-29)30-21-19-26(20-22-30)25-33-23-11-4-12-24-33/h1-3,5-10,13-22H,4,11-12,23-25H2. The van der Waals surface area contributed by atoms with Gasteiger partial charge >= 0.3 is 0 Å². The van der Waals surface area contributed by atoms with Crippen molar-refractivity contribution in [3.8, 4) is 0 Å². The summed E-state index contributed by atoms with van der Waals surface area (Å²) in [5, 5.41) is 0. The third-order valence-corrected chi connectivity index (χ3v) is 6.53. The molecule has 1 heterocycles. The molecule has 0 aromatic heterocycles. The lowest BCUT2D eigenvalue weighted by atomic mass is 9.85. The summed E-state index contributed by atoms with van der Waals surface area (Å²) >= 11 is 0. The quantitative estimate of drug-likeness (QED) is 0.284. The number of hydrogen-bond acceptors (Lipinski definition) is 1. The van der Waals surface area contributed by atoms with E-state index in [1.807, 2.05) is 0 Å². The summed E-state index contributed by atoms with van der Waals surface area (Å²) in [5.41, 5.74) is 8.91. The highest BCUT2D eigenvalue weighted by atomic mass is 15.1. The SMILES string of the molecule is c1ccc(C(=C(c2ccccc2)c2ccc(CN3CCCCC3)cc2)c2ccccc2)cc1. The van der Waals surface area contributed by atoms with Crippen molar-refractivity contribution < 1.29 is 0 Å². The Balaban J connectivity index is 1.63. The Morgan fingerprint density at radius 3 is 1.27 bits per heavy atom. The average molecular weight is 430 g/mol. The van der Waals surface area contributed by atoms with Crippen molar-refractivity contribution in [1.29, 1.82) is 0 Å². The number of nitrogens with zero attached hydrogens (tertiary/aromatic N) is 1. The molecule has 1 saturated heterocycles. The number of hydrogen-bond donors (Lipinski definition) is 0. The van der Waals surface area contributed by atoms with Gasteiger partial charge in [0.05, 0.1) is 0 Å². The molecule has 33 heavy (non-hydrogen) atoms.